The zero-order valence-corrected chi connectivity index (χ0v) is 8.98. The Morgan fingerprint density at radius 1 is 1.20 bits per heavy atom. The lowest BCUT2D eigenvalue weighted by molar-refractivity contribution is 0.0373. The monoisotopic (exact) mass is 219 g/mol. The fraction of sp³-hybridized carbons (Fsp3) is 1.00. The van der Waals surface area contributed by atoms with Gasteiger partial charge in [0.15, 0.2) is 0 Å². The van der Waals surface area contributed by atoms with E-state index in [9.17, 15) is 0 Å². The molecule has 15 heavy (non-hydrogen) atoms. The predicted octanol–water partition coefficient (Wildman–Crippen LogP) is -1.14. The van der Waals surface area contributed by atoms with Crippen molar-refractivity contribution in [2.75, 3.05) is 33.0 Å². The molecule has 1 unspecified atom stereocenters. The van der Waals surface area contributed by atoms with Crippen molar-refractivity contribution in [3.8, 4) is 0 Å². The molecule has 90 valence electrons. The summed E-state index contributed by atoms with van der Waals surface area (Å²) in [6, 6.07) is 0. The van der Waals surface area contributed by atoms with Gasteiger partial charge in [-0.1, -0.05) is 0 Å². The lowest BCUT2D eigenvalue weighted by Crippen LogP contribution is -2.55. The summed E-state index contributed by atoms with van der Waals surface area (Å²) in [5, 5.41) is 30.1. The van der Waals surface area contributed by atoms with Crippen LogP contribution in [0, 0.1) is 0 Å². The molecule has 1 aliphatic rings. The van der Waals surface area contributed by atoms with E-state index in [1.807, 2.05) is 0 Å². The van der Waals surface area contributed by atoms with Gasteiger partial charge in [-0.15, -0.1) is 0 Å². The van der Waals surface area contributed by atoms with Crippen molar-refractivity contribution < 1.29 is 20.1 Å². The van der Waals surface area contributed by atoms with Gasteiger partial charge in [-0.25, -0.2) is 0 Å². The molecule has 0 aromatic rings. The van der Waals surface area contributed by atoms with Gasteiger partial charge in [-0.3, -0.25) is 0 Å². The summed E-state index contributed by atoms with van der Waals surface area (Å²) in [7, 11) is 0. The van der Waals surface area contributed by atoms with E-state index in [-0.39, 0.29) is 25.9 Å². The average Bonchev–Trinajstić information content (AvgIpc) is 2.78. The highest BCUT2D eigenvalue weighted by molar-refractivity contribution is 4.86. The van der Waals surface area contributed by atoms with Crippen molar-refractivity contribution in [1.29, 1.82) is 0 Å². The summed E-state index contributed by atoms with van der Waals surface area (Å²) in [4.78, 5) is 0. The topological polar surface area (TPSA) is 82.0 Å². The van der Waals surface area contributed by atoms with E-state index in [0.29, 0.717) is 6.54 Å². The van der Waals surface area contributed by atoms with Gasteiger partial charge >= 0.3 is 0 Å². The maximum absolute atomic E-state index is 9.05. The fourth-order valence-electron chi connectivity index (χ4n) is 1.69. The van der Waals surface area contributed by atoms with Gasteiger partial charge in [0.2, 0.25) is 0 Å². The molecule has 1 heterocycles. The molecule has 1 rings (SSSR count). The summed E-state index contributed by atoms with van der Waals surface area (Å²) in [5.74, 6) is 0. The van der Waals surface area contributed by atoms with Crippen molar-refractivity contribution in [1.82, 2.24) is 5.32 Å². The van der Waals surface area contributed by atoms with Gasteiger partial charge in [-0.2, -0.15) is 0 Å². The molecule has 1 saturated heterocycles. The summed E-state index contributed by atoms with van der Waals surface area (Å²) in [5.41, 5.74) is -0.960. The number of hydrogen-bond donors (Lipinski definition) is 4. The molecule has 5 nitrogen and oxygen atoms in total. The maximum Gasteiger partial charge on any atom is 0.0881 e. The Kier molecular flexibility index (Phi) is 5.49. The number of ether oxygens (including phenoxy) is 1. The largest absolute Gasteiger partial charge is 0.394 e. The molecule has 0 amide bonds. The molecule has 0 aromatic heterocycles. The van der Waals surface area contributed by atoms with Crippen LogP contribution < -0.4 is 5.32 Å². The minimum absolute atomic E-state index is 0.272. The quantitative estimate of drug-likeness (QED) is 0.435. The molecule has 1 fully saturated rings. The summed E-state index contributed by atoms with van der Waals surface area (Å²) in [6.45, 7) is 0.644. The van der Waals surface area contributed by atoms with Crippen molar-refractivity contribution in [3.05, 3.63) is 0 Å². The lowest BCUT2D eigenvalue weighted by Gasteiger charge is -2.29. The highest BCUT2D eigenvalue weighted by Crippen LogP contribution is 2.15. The van der Waals surface area contributed by atoms with Crippen molar-refractivity contribution in [2.45, 2.75) is 30.9 Å². The van der Waals surface area contributed by atoms with Crippen LogP contribution in [0.15, 0.2) is 0 Å². The summed E-state index contributed by atoms with van der Waals surface area (Å²) >= 11 is 0. The Labute approximate surface area is 90.1 Å². The normalized spacial score (nSPS) is 22.2. The van der Waals surface area contributed by atoms with E-state index in [4.69, 9.17) is 20.1 Å². The van der Waals surface area contributed by atoms with Gasteiger partial charge in [0.1, 0.15) is 0 Å². The second kappa shape index (κ2) is 6.40. The minimum atomic E-state index is -0.960. The molecule has 0 aromatic carbocycles. The third-order valence-corrected chi connectivity index (χ3v) is 2.90. The molecule has 0 bridgehead atoms. The van der Waals surface area contributed by atoms with Crippen molar-refractivity contribution >= 4 is 0 Å². The van der Waals surface area contributed by atoms with E-state index in [2.05, 4.69) is 5.32 Å². The van der Waals surface area contributed by atoms with E-state index in [1.165, 1.54) is 0 Å². The van der Waals surface area contributed by atoms with Crippen LogP contribution in [-0.4, -0.2) is 59.9 Å². The third kappa shape index (κ3) is 3.70. The number of rotatable bonds is 7. The second-order valence-corrected chi connectivity index (χ2v) is 4.11. The Morgan fingerprint density at radius 3 is 2.33 bits per heavy atom. The van der Waals surface area contributed by atoms with Gasteiger partial charge < -0.3 is 25.4 Å². The molecule has 0 saturated carbocycles. The highest BCUT2D eigenvalue weighted by atomic mass is 16.5. The Hall–Kier alpha value is -0.200. The molecule has 5 heteroatoms. The average molecular weight is 219 g/mol. The molecule has 0 aliphatic carbocycles. The first-order valence-electron chi connectivity index (χ1n) is 5.45. The van der Waals surface area contributed by atoms with Crippen LogP contribution in [0.3, 0.4) is 0 Å². The van der Waals surface area contributed by atoms with E-state index in [0.717, 1.165) is 25.9 Å². The van der Waals surface area contributed by atoms with Crippen LogP contribution in [-0.2, 0) is 4.74 Å². The second-order valence-electron chi connectivity index (χ2n) is 4.11. The van der Waals surface area contributed by atoms with Crippen LogP contribution in [0.2, 0.25) is 0 Å². The Balaban J connectivity index is 2.21. The van der Waals surface area contributed by atoms with Crippen LogP contribution in [0.5, 0.6) is 0 Å². The number of aliphatic hydroxyl groups excluding tert-OH is 3. The first-order chi connectivity index (χ1) is 7.26. The van der Waals surface area contributed by atoms with Crippen LogP contribution >= 0.6 is 0 Å². The SMILES string of the molecule is OCC(CO)(CO)NCCC1CCCO1. The van der Waals surface area contributed by atoms with E-state index in [1.54, 1.807) is 0 Å². The third-order valence-electron chi connectivity index (χ3n) is 2.90. The van der Waals surface area contributed by atoms with E-state index < -0.39 is 5.54 Å². The van der Waals surface area contributed by atoms with Gasteiger partial charge in [0.05, 0.1) is 31.5 Å². The van der Waals surface area contributed by atoms with Crippen LogP contribution in [0.25, 0.3) is 0 Å². The zero-order chi connectivity index (χ0) is 11.1. The lowest BCUT2D eigenvalue weighted by atomic mass is 10.0. The number of aliphatic hydroxyl groups is 3. The molecular weight excluding hydrogens is 198 g/mol. The minimum Gasteiger partial charge on any atom is -0.394 e. The fourth-order valence-corrected chi connectivity index (χ4v) is 1.69. The maximum atomic E-state index is 9.05. The molecule has 1 aliphatic heterocycles. The van der Waals surface area contributed by atoms with Crippen molar-refractivity contribution in [2.24, 2.45) is 0 Å². The van der Waals surface area contributed by atoms with Gasteiger partial charge in [-0.05, 0) is 25.8 Å². The van der Waals surface area contributed by atoms with Gasteiger partial charge in [0.25, 0.3) is 0 Å². The molecule has 0 radical (unpaired) electrons. The highest BCUT2D eigenvalue weighted by Gasteiger charge is 2.27. The first-order valence-corrected chi connectivity index (χ1v) is 5.45. The van der Waals surface area contributed by atoms with E-state index >= 15 is 0 Å². The zero-order valence-electron chi connectivity index (χ0n) is 8.98. The van der Waals surface area contributed by atoms with Gasteiger partial charge in [0, 0.05) is 6.61 Å². The molecule has 4 N–H and O–H groups in total. The first kappa shape index (κ1) is 12.9. The Bertz CT molecular complexity index is 159. The Morgan fingerprint density at radius 2 is 1.87 bits per heavy atom. The van der Waals surface area contributed by atoms with Crippen LogP contribution in [0.4, 0.5) is 0 Å². The number of hydrogen-bond acceptors (Lipinski definition) is 5. The number of nitrogens with one attached hydrogen (secondary N) is 1. The smallest absolute Gasteiger partial charge is 0.0881 e. The molecular formula is C10H21NO4. The predicted molar refractivity (Wildman–Crippen MR) is 55.6 cm³/mol. The summed E-state index contributed by atoms with van der Waals surface area (Å²) in [6.07, 6.45) is 3.31. The standard InChI is InChI=1S/C10H21NO4/c12-6-10(7-13,8-14)11-4-3-9-2-1-5-15-9/h9,11-14H,1-8H2. The van der Waals surface area contributed by atoms with Crippen LogP contribution in [0.1, 0.15) is 19.3 Å². The molecule has 0 spiro atoms. The summed E-state index contributed by atoms with van der Waals surface area (Å²) < 4.78 is 5.44. The van der Waals surface area contributed by atoms with Crippen molar-refractivity contribution in [3.63, 3.8) is 0 Å². The molecule has 1 atom stereocenters.